The lowest BCUT2D eigenvalue weighted by Gasteiger charge is -2.24. The Bertz CT molecular complexity index is 2590. The van der Waals surface area contributed by atoms with Gasteiger partial charge >= 0.3 is 0 Å². The normalized spacial score (nSPS) is 12.0. The van der Waals surface area contributed by atoms with Gasteiger partial charge in [-0.3, -0.25) is 0 Å². The highest BCUT2D eigenvalue weighted by molar-refractivity contribution is 9.11. The van der Waals surface area contributed by atoms with E-state index in [1.807, 2.05) is 0 Å². The highest BCUT2D eigenvalue weighted by atomic mass is 79.9. The van der Waals surface area contributed by atoms with Crippen molar-refractivity contribution in [1.82, 2.24) is 13.7 Å². The molecule has 3 heterocycles. The summed E-state index contributed by atoms with van der Waals surface area (Å²) in [6.45, 7) is 0. The third-order valence-corrected chi connectivity index (χ3v) is 10.8. The number of fused-ring (bicyclic) bond motifs is 9. The fraction of sp³-hybridized carbons (Fsp3) is 0. The fourth-order valence-corrected chi connectivity index (χ4v) is 9.21. The van der Waals surface area contributed by atoms with E-state index in [0.717, 1.165) is 59.1 Å². The first-order valence-electron chi connectivity index (χ1n) is 15.7. The summed E-state index contributed by atoms with van der Waals surface area (Å²) < 4.78 is 9.35. The molecule has 5 heteroatoms. The van der Waals surface area contributed by atoms with Crippen molar-refractivity contribution in [2.24, 2.45) is 0 Å². The van der Waals surface area contributed by atoms with Crippen LogP contribution >= 0.6 is 31.9 Å². The largest absolute Gasteiger partial charge is 0.306 e. The predicted molar refractivity (Wildman–Crippen MR) is 205 cm³/mol. The van der Waals surface area contributed by atoms with Crippen LogP contribution in [0.2, 0.25) is 0 Å². The molecule has 7 aromatic carbocycles. The van der Waals surface area contributed by atoms with Crippen LogP contribution in [0.5, 0.6) is 0 Å². The van der Waals surface area contributed by atoms with Gasteiger partial charge in [0.15, 0.2) is 0 Å². The molecule has 0 aliphatic rings. The summed E-state index contributed by atoms with van der Waals surface area (Å²) in [7, 11) is 0. The van der Waals surface area contributed by atoms with Crippen LogP contribution < -0.4 is 0 Å². The summed E-state index contributed by atoms with van der Waals surface area (Å²) >= 11 is 8.26. The Morgan fingerprint density at radius 3 is 0.745 bits per heavy atom. The molecule has 0 bridgehead atoms. The molecule has 0 saturated carbocycles. The molecule has 10 rings (SSSR count). The molecule has 222 valence electrons. The highest BCUT2D eigenvalue weighted by Gasteiger charge is 2.28. The maximum atomic E-state index is 4.13. The van der Waals surface area contributed by atoms with Gasteiger partial charge in [-0.25, -0.2) is 0 Å². The lowest BCUT2D eigenvalue weighted by atomic mass is 10.1. The quantitative estimate of drug-likeness (QED) is 0.172. The zero-order chi connectivity index (χ0) is 31.2. The smallest absolute Gasteiger partial charge is 0.0970 e. The first kappa shape index (κ1) is 27.1. The summed E-state index contributed by atoms with van der Waals surface area (Å²) in [6.07, 6.45) is 0. The maximum Gasteiger partial charge on any atom is 0.0970 e. The number of hydrogen-bond acceptors (Lipinski definition) is 0. The Kier molecular flexibility index (Phi) is 5.87. The molecule has 0 aliphatic heterocycles. The second-order valence-corrected chi connectivity index (χ2v) is 13.7. The van der Waals surface area contributed by atoms with Crippen molar-refractivity contribution in [3.05, 3.63) is 161 Å². The molecule has 0 fully saturated rings. The van der Waals surface area contributed by atoms with Gasteiger partial charge in [0.25, 0.3) is 0 Å². The van der Waals surface area contributed by atoms with Gasteiger partial charge in [-0.2, -0.15) is 0 Å². The van der Waals surface area contributed by atoms with Crippen molar-refractivity contribution in [2.75, 3.05) is 0 Å². The summed E-state index contributed by atoms with van der Waals surface area (Å²) in [4.78, 5) is 0. The number of para-hydroxylation sites is 6. The topological polar surface area (TPSA) is 14.8 Å². The number of halogens is 2. The number of aromatic nitrogens is 3. The van der Waals surface area contributed by atoms with E-state index < -0.39 is 0 Å². The molecule has 0 atom stereocenters. The van der Waals surface area contributed by atoms with E-state index >= 15 is 0 Å². The van der Waals surface area contributed by atoms with Crippen molar-refractivity contribution in [3.63, 3.8) is 0 Å². The molecule has 47 heavy (non-hydrogen) atoms. The van der Waals surface area contributed by atoms with Gasteiger partial charge in [-0.15, -0.1) is 0 Å². The van der Waals surface area contributed by atoms with Crippen molar-refractivity contribution in [1.29, 1.82) is 0 Å². The molecule has 3 nitrogen and oxygen atoms in total. The summed E-state index contributed by atoms with van der Waals surface area (Å²) in [5, 5.41) is 7.35. The molecule has 0 unspecified atom stereocenters. The zero-order valence-corrected chi connectivity index (χ0v) is 28.2. The average Bonchev–Trinajstić information content (AvgIpc) is 3.74. The zero-order valence-electron chi connectivity index (χ0n) is 25.0. The van der Waals surface area contributed by atoms with E-state index in [2.05, 4.69) is 197 Å². The molecule has 0 spiro atoms. The van der Waals surface area contributed by atoms with Crippen LogP contribution in [0.25, 0.3) is 82.5 Å². The second-order valence-electron chi connectivity index (χ2n) is 12.0. The van der Waals surface area contributed by atoms with Crippen molar-refractivity contribution < 1.29 is 0 Å². The Balaban J connectivity index is 1.51. The number of rotatable bonds is 3. The summed E-state index contributed by atoms with van der Waals surface area (Å²) in [5.41, 5.74) is 10.2. The summed E-state index contributed by atoms with van der Waals surface area (Å²) in [6, 6.07) is 54.7. The van der Waals surface area contributed by atoms with Gasteiger partial charge in [0.1, 0.15) is 0 Å². The van der Waals surface area contributed by atoms with Crippen LogP contribution in [-0.2, 0) is 0 Å². The standard InChI is InChI=1S/C42H25Br2N3/c43-32-25-33(44)41(46-36-21-9-3-15-28(36)29-16-4-10-22-37(29)46)42(47-38-23-11-5-17-30(38)31-18-6-12-24-39(31)47)40(32)45-34-19-7-1-13-26(34)27-14-2-8-20-35(27)45/h1-25H. The lowest BCUT2D eigenvalue weighted by Crippen LogP contribution is -2.11. The van der Waals surface area contributed by atoms with Gasteiger partial charge in [0.05, 0.1) is 50.2 Å². The third-order valence-electron chi connectivity index (χ3n) is 9.57. The van der Waals surface area contributed by atoms with Crippen molar-refractivity contribution >= 4 is 97.3 Å². The van der Waals surface area contributed by atoms with E-state index in [0.29, 0.717) is 0 Å². The SMILES string of the molecule is Brc1cc(Br)c(-n2c3ccccc3c3ccccc32)c(-n2c3ccccc3c3ccccc32)c1-n1c2ccccc2c2ccccc21. The average molecular weight is 731 g/mol. The van der Waals surface area contributed by atoms with Gasteiger partial charge in [-0.1, -0.05) is 109 Å². The number of hydrogen-bond donors (Lipinski definition) is 0. The third kappa shape index (κ3) is 3.72. The van der Waals surface area contributed by atoms with Crippen LogP contribution in [0.15, 0.2) is 161 Å². The molecule has 0 N–H and O–H groups in total. The second kappa shape index (κ2) is 10.2. The van der Waals surface area contributed by atoms with Gasteiger partial charge in [0, 0.05) is 41.3 Å². The van der Waals surface area contributed by atoms with E-state index in [4.69, 9.17) is 0 Å². The molecule has 3 aromatic heterocycles. The molecule has 0 saturated heterocycles. The monoisotopic (exact) mass is 729 g/mol. The predicted octanol–water partition coefficient (Wildman–Crippen LogP) is 12.5. The van der Waals surface area contributed by atoms with Gasteiger partial charge in [0.2, 0.25) is 0 Å². The van der Waals surface area contributed by atoms with E-state index in [1.165, 1.54) is 32.3 Å². The Morgan fingerprint density at radius 2 is 0.489 bits per heavy atom. The maximum absolute atomic E-state index is 4.13. The minimum absolute atomic E-state index is 0.997. The Hall–Kier alpha value is -5.10. The number of nitrogens with zero attached hydrogens (tertiary/aromatic N) is 3. The van der Waals surface area contributed by atoms with Crippen LogP contribution in [0, 0.1) is 0 Å². The molecule has 0 amide bonds. The van der Waals surface area contributed by atoms with Crippen LogP contribution in [-0.4, -0.2) is 13.7 Å². The minimum Gasteiger partial charge on any atom is -0.306 e. The van der Waals surface area contributed by atoms with Crippen LogP contribution in [0.1, 0.15) is 0 Å². The first-order chi connectivity index (χ1) is 23.2. The fourth-order valence-electron chi connectivity index (χ4n) is 7.71. The van der Waals surface area contributed by atoms with Crippen molar-refractivity contribution in [2.45, 2.75) is 0 Å². The highest BCUT2D eigenvalue weighted by Crippen LogP contribution is 2.47. The van der Waals surface area contributed by atoms with E-state index in [-0.39, 0.29) is 0 Å². The van der Waals surface area contributed by atoms with Crippen LogP contribution in [0.4, 0.5) is 0 Å². The Labute approximate surface area is 287 Å². The van der Waals surface area contributed by atoms with Crippen LogP contribution in [0.3, 0.4) is 0 Å². The molecule has 0 radical (unpaired) electrons. The first-order valence-corrected chi connectivity index (χ1v) is 17.3. The number of benzene rings is 7. The van der Waals surface area contributed by atoms with E-state index in [9.17, 15) is 0 Å². The lowest BCUT2D eigenvalue weighted by molar-refractivity contribution is 1.04. The minimum atomic E-state index is 0.997. The van der Waals surface area contributed by atoms with Gasteiger partial charge < -0.3 is 13.7 Å². The molecule has 10 aromatic rings. The van der Waals surface area contributed by atoms with E-state index in [1.54, 1.807) is 0 Å². The molecular weight excluding hydrogens is 706 g/mol. The molecule has 0 aliphatic carbocycles. The van der Waals surface area contributed by atoms with Crippen molar-refractivity contribution in [3.8, 4) is 17.1 Å². The summed E-state index contributed by atoms with van der Waals surface area (Å²) in [5.74, 6) is 0. The van der Waals surface area contributed by atoms with Gasteiger partial charge in [-0.05, 0) is 74.3 Å². The Morgan fingerprint density at radius 1 is 0.277 bits per heavy atom. The molecular formula is C42H25Br2N3.